The molecule has 4 rings (SSSR count). The summed E-state index contributed by atoms with van der Waals surface area (Å²) in [5.41, 5.74) is 2.84. The van der Waals surface area contributed by atoms with E-state index < -0.39 is 11.7 Å². The summed E-state index contributed by atoms with van der Waals surface area (Å²) in [7, 11) is 0. The number of rotatable bonds is 2. The summed E-state index contributed by atoms with van der Waals surface area (Å²) < 4.78 is 39.3. The van der Waals surface area contributed by atoms with Gasteiger partial charge in [-0.15, -0.1) is 0 Å². The first-order valence-electron chi connectivity index (χ1n) is 8.54. The Kier molecular flexibility index (Phi) is 4.92. The van der Waals surface area contributed by atoms with E-state index in [1.165, 1.54) is 17.8 Å². The van der Waals surface area contributed by atoms with Gasteiger partial charge in [0.05, 0.1) is 21.7 Å². The van der Waals surface area contributed by atoms with E-state index in [1.54, 1.807) is 12.1 Å². The minimum absolute atomic E-state index is 0.231. The second-order valence-corrected chi connectivity index (χ2v) is 8.26. The first kappa shape index (κ1) is 19.6. The fourth-order valence-corrected chi connectivity index (χ4v) is 4.14. The molecule has 2 aromatic carbocycles. The maximum Gasteiger partial charge on any atom is 0.416 e. The van der Waals surface area contributed by atoms with Crippen molar-refractivity contribution in [3.05, 3.63) is 70.1 Å². The molecule has 0 aliphatic carbocycles. The van der Waals surface area contributed by atoms with Gasteiger partial charge in [0, 0.05) is 10.9 Å². The molecule has 1 saturated heterocycles. The van der Waals surface area contributed by atoms with Gasteiger partial charge in [0.15, 0.2) is 0 Å². The van der Waals surface area contributed by atoms with Crippen molar-refractivity contribution in [2.45, 2.75) is 13.1 Å². The molecule has 2 heterocycles. The predicted molar refractivity (Wildman–Crippen MR) is 113 cm³/mol. The van der Waals surface area contributed by atoms with E-state index in [9.17, 15) is 18.0 Å². The van der Waals surface area contributed by atoms with Gasteiger partial charge in [-0.25, -0.2) is 4.98 Å². The highest BCUT2D eigenvalue weighted by Gasteiger charge is 2.30. The van der Waals surface area contributed by atoms with Crippen molar-refractivity contribution in [3.8, 4) is 11.3 Å². The van der Waals surface area contributed by atoms with E-state index in [4.69, 9.17) is 12.2 Å². The molecule has 1 amide bonds. The summed E-state index contributed by atoms with van der Waals surface area (Å²) in [5, 5.41) is 3.01. The Morgan fingerprint density at radius 3 is 2.62 bits per heavy atom. The van der Waals surface area contributed by atoms with E-state index >= 15 is 0 Å². The number of thiocarbonyl (C=S) groups is 1. The van der Waals surface area contributed by atoms with Crippen LogP contribution in [0.2, 0.25) is 0 Å². The Hall–Kier alpha value is -2.71. The molecular weight excluding hydrogens is 417 g/mol. The van der Waals surface area contributed by atoms with E-state index in [2.05, 4.69) is 10.3 Å². The Labute approximate surface area is 174 Å². The molecule has 3 nitrogen and oxygen atoms in total. The number of pyridine rings is 1. The predicted octanol–water partition coefficient (Wildman–Crippen LogP) is 5.72. The molecule has 1 aliphatic rings. The molecule has 146 valence electrons. The number of carbonyl (C=O) groups is 1. The summed E-state index contributed by atoms with van der Waals surface area (Å²) in [6.07, 6.45) is -2.65. The highest BCUT2D eigenvalue weighted by atomic mass is 32.2. The summed E-state index contributed by atoms with van der Waals surface area (Å²) in [6, 6.07) is 12.7. The van der Waals surface area contributed by atoms with Crippen LogP contribution in [0.5, 0.6) is 0 Å². The minimum atomic E-state index is -4.39. The molecule has 0 atom stereocenters. The summed E-state index contributed by atoms with van der Waals surface area (Å²) in [6.45, 7) is 1.81. The number of nitrogens with one attached hydrogen (secondary N) is 1. The first-order valence-corrected chi connectivity index (χ1v) is 9.77. The van der Waals surface area contributed by atoms with Crippen molar-refractivity contribution in [2.75, 3.05) is 0 Å². The normalized spacial score (nSPS) is 15.9. The van der Waals surface area contributed by atoms with Crippen LogP contribution in [-0.4, -0.2) is 15.2 Å². The summed E-state index contributed by atoms with van der Waals surface area (Å²) in [5.74, 6) is -0.231. The molecule has 0 radical (unpaired) electrons. The molecule has 29 heavy (non-hydrogen) atoms. The number of alkyl halides is 3. The van der Waals surface area contributed by atoms with Crippen LogP contribution < -0.4 is 5.32 Å². The fourth-order valence-electron chi connectivity index (χ4n) is 3.10. The van der Waals surface area contributed by atoms with Gasteiger partial charge in [-0.1, -0.05) is 42.2 Å². The Bertz CT molecular complexity index is 1200. The monoisotopic (exact) mass is 430 g/mol. The lowest BCUT2D eigenvalue weighted by Gasteiger charge is -2.11. The number of aromatic nitrogens is 1. The molecule has 0 spiro atoms. The van der Waals surface area contributed by atoms with E-state index in [1.807, 2.05) is 31.2 Å². The number of hydrogen-bond acceptors (Lipinski definition) is 4. The molecule has 0 unspecified atom stereocenters. The van der Waals surface area contributed by atoms with Crippen molar-refractivity contribution in [1.82, 2.24) is 10.3 Å². The van der Waals surface area contributed by atoms with E-state index in [0.717, 1.165) is 28.8 Å². The third-order valence-corrected chi connectivity index (χ3v) is 5.60. The highest BCUT2D eigenvalue weighted by Crippen LogP contribution is 2.33. The first-order chi connectivity index (χ1) is 13.7. The van der Waals surface area contributed by atoms with Crippen LogP contribution >= 0.6 is 24.0 Å². The van der Waals surface area contributed by atoms with Crippen LogP contribution in [0.4, 0.5) is 13.2 Å². The molecule has 1 aliphatic heterocycles. The third kappa shape index (κ3) is 4.04. The number of hydrogen-bond donors (Lipinski definition) is 1. The van der Waals surface area contributed by atoms with Crippen LogP contribution in [0.25, 0.3) is 28.2 Å². The van der Waals surface area contributed by atoms with Crippen LogP contribution in [0, 0.1) is 6.92 Å². The number of fused-ring (bicyclic) bond motifs is 1. The van der Waals surface area contributed by atoms with Crippen molar-refractivity contribution >= 4 is 51.2 Å². The number of aryl methyl sites for hydroxylation is 1. The Morgan fingerprint density at radius 1 is 1.14 bits per heavy atom. The van der Waals surface area contributed by atoms with E-state index in [-0.39, 0.29) is 5.91 Å². The van der Waals surface area contributed by atoms with Gasteiger partial charge in [-0.05, 0) is 54.5 Å². The van der Waals surface area contributed by atoms with E-state index in [0.29, 0.717) is 25.8 Å². The molecule has 3 aromatic rings. The molecule has 0 bridgehead atoms. The lowest BCUT2D eigenvalue weighted by atomic mass is 10.0. The quantitative estimate of drug-likeness (QED) is 0.417. The SMILES string of the molecule is Cc1cc2cc(C(F)(F)F)ccc2nc1-c1cccc(/C=C2\SC(=S)NC2=O)c1. The smallest absolute Gasteiger partial charge is 0.307 e. The minimum Gasteiger partial charge on any atom is -0.307 e. The van der Waals surface area contributed by atoms with Crippen molar-refractivity contribution < 1.29 is 18.0 Å². The van der Waals surface area contributed by atoms with Crippen LogP contribution in [0.3, 0.4) is 0 Å². The van der Waals surface area contributed by atoms with Gasteiger partial charge in [0.25, 0.3) is 5.91 Å². The van der Waals surface area contributed by atoms with Crippen LogP contribution in [-0.2, 0) is 11.0 Å². The molecule has 8 heteroatoms. The van der Waals surface area contributed by atoms with Crippen LogP contribution in [0.1, 0.15) is 16.7 Å². The zero-order valence-corrected chi connectivity index (χ0v) is 16.6. The number of halogens is 3. The van der Waals surface area contributed by atoms with Gasteiger partial charge in [-0.3, -0.25) is 4.79 Å². The maximum absolute atomic E-state index is 13.0. The number of amides is 1. The Morgan fingerprint density at radius 2 is 1.93 bits per heavy atom. The Balaban J connectivity index is 1.75. The average Bonchev–Trinajstić information content (AvgIpc) is 2.97. The number of carbonyl (C=O) groups excluding carboxylic acids is 1. The number of thioether (sulfide) groups is 1. The molecule has 1 fully saturated rings. The van der Waals surface area contributed by atoms with Gasteiger partial charge < -0.3 is 5.32 Å². The third-order valence-electron chi connectivity index (χ3n) is 4.43. The zero-order chi connectivity index (χ0) is 20.8. The topological polar surface area (TPSA) is 42.0 Å². The molecular formula is C21H13F3N2OS2. The standard InChI is InChI=1S/C21H13F3N2OS2/c1-11-7-14-10-15(21(22,23)24)5-6-16(14)25-18(11)13-4-2-3-12(8-13)9-17-19(27)26-20(28)29-17/h2-10H,1H3,(H,26,27,28)/b17-9-. The summed E-state index contributed by atoms with van der Waals surface area (Å²) in [4.78, 5) is 16.9. The van der Waals surface area contributed by atoms with Gasteiger partial charge >= 0.3 is 6.18 Å². The second kappa shape index (κ2) is 7.27. The lowest BCUT2D eigenvalue weighted by molar-refractivity contribution is -0.137. The van der Waals surface area contributed by atoms with Crippen molar-refractivity contribution in [2.24, 2.45) is 0 Å². The molecule has 1 N–H and O–H groups in total. The number of nitrogens with zero attached hydrogens (tertiary/aromatic N) is 1. The maximum atomic E-state index is 13.0. The second-order valence-electron chi connectivity index (χ2n) is 6.54. The lowest BCUT2D eigenvalue weighted by Crippen LogP contribution is -2.17. The van der Waals surface area contributed by atoms with Gasteiger partial charge in [0.1, 0.15) is 4.32 Å². The number of benzene rings is 2. The summed E-state index contributed by atoms with van der Waals surface area (Å²) >= 11 is 6.20. The van der Waals surface area contributed by atoms with Gasteiger partial charge in [-0.2, -0.15) is 13.2 Å². The average molecular weight is 430 g/mol. The zero-order valence-electron chi connectivity index (χ0n) is 15.0. The fraction of sp³-hybridized carbons (Fsp3) is 0.0952. The van der Waals surface area contributed by atoms with Crippen molar-refractivity contribution in [3.63, 3.8) is 0 Å². The van der Waals surface area contributed by atoms with Gasteiger partial charge in [0.2, 0.25) is 0 Å². The molecule has 1 aromatic heterocycles. The van der Waals surface area contributed by atoms with Crippen molar-refractivity contribution in [1.29, 1.82) is 0 Å². The highest BCUT2D eigenvalue weighted by molar-refractivity contribution is 8.26. The molecule has 0 saturated carbocycles. The van der Waals surface area contributed by atoms with Crippen LogP contribution in [0.15, 0.2) is 53.4 Å². The largest absolute Gasteiger partial charge is 0.416 e.